The zero-order valence-corrected chi connectivity index (χ0v) is 12.0. The molecule has 1 unspecified atom stereocenters. The molecule has 106 valence electrons. The molecular weight excluding hydrogens is 278 g/mol. The first-order valence-corrected chi connectivity index (χ1v) is 6.02. The Bertz CT molecular complexity index is 626. The van der Waals surface area contributed by atoms with E-state index in [0.717, 1.165) is 11.1 Å². The molecule has 0 saturated carbocycles. The van der Waals surface area contributed by atoms with Crippen molar-refractivity contribution >= 4 is 23.9 Å². The third-order valence-corrected chi connectivity index (χ3v) is 3.27. The molecular formula is C13H16ClN5O. The number of nitrogens with one attached hydrogen (secondary N) is 1. The smallest absolute Gasteiger partial charge is 0.190 e. The zero-order valence-electron chi connectivity index (χ0n) is 11.2. The fourth-order valence-corrected chi connectivity index (χ4v) is 1.97. The highest BCUT2D eigenvalue weighted by atomic mass is 35.5. The quantitative estimate of drug-likeness (QED) is 0.877. The molecule has 2 aromatic rings. The SMILES string of the molecule is Cc1cnc(N2NC=C(n3ccnc3)C2O)cc1C.Cl. The van der Waals surface area contributed by atoms with Crippen molar-refractivity contribution < 1.29 is 5.11 Å². The first kappa shape index (κ1) is 14.4. The Morgan fingerprint density at radius 3 is 2.75 bits per heavy atom. The minimum atomic E-state index is -0.802. The van der Waals surface area contributed by atoms with Crippen LogP contribution in [-0.4, -0.2) is 25.9 Å². The lowest BCUT2D eigenvalue weighted by atomic mass is 10.2. The average molecular weight is 294 g/mol. The third kappa shape index (κ3) is 2.35. The van der Waals surface area contributed by atoms with E-state index in [-0.39, 0.29) is 12.4 Å². The van der Waals surface area contributed by atoms with Crippen molar-refractivity contribution in [3.63, 3.8) is 0 Å². The summed E-state index contributed by atoms with van der Waals surface area (Å²) in [6.07, 6.45) is 7.84. The van der Waals surface area contributed by atoms with Crippen molar-refractivity contribution in [1.82, 2.24) is 20.0 Å². The predicted molar refractivity (Wildman–Crippen MR) is 79.1 cm³/mol. The minimum Gasteiger partial charge on any atom is -0.367 e. The van der Waals surface area contributed by atoms with Gasteiger partial charge in [0, 0.05) is 24.8 Å². The van der Waals surface area contributed by atoms with E-state index in [2.05, 4.69) is 15.4 Å². The van der Waals surface area contributed by atoms with Gasteiger partial charge >= 0.3 is 0 Å². The summed E-state index contributed by atoms with van der Waals surface area (Å²) in [6.45, 7) is 4.03. The van der Waals surface area contributed by atoms with Gasteiger partial charge < -0.3 is 9.67 Å². The molecule has 2 aromatic heterocycles. The Hall–Kier alpha value is -2.05. The van der Waals surface area contributed by atoms with Crippen LogP contribution in [0.4, 0.5) is 5.82 Å². The van der Waals surface area contributed by atoms with E-state index in [9.17, 15) is 5.11 Å². The van der Waals surface area contributed by atoms with Gasteiger partial charge in [-0.15, -0.1) is 12.4 Å². The van der Waals surface area contributed by atoms with Gasteiger partial charge in [0.15, 0.2) is 6.23 Å². The monoisotopic (exact) mass is 293 g/mol. The third-order valence-electron chi connectivity index (χ3n) is 3.27. The van der Waals surface area contributed by atoms with E-state index in [1.165, 1.54) is 0 Å². The Balaban J connectivity index is 0.00000147. The number of halogens is 1. The molecule has 1 aliphatic heterocycles. The Labute approximate surface area is 123 Å². The second-order valence-electron chi connectivity index (χ2n) is 4.54. The average Bonchev–Trinajstić information content (AvgIpc) is 3.02. The molecule has 0 aliphatic carbocycles. The summed E-state index contributed by atoms with van der Waals surface area (Å²) < 4.78 is 1.76. The van der Waals surface area contributed by atoms with Crippen molar-refractivity contribution in [3.05, 3.63) is 48.3 Å². The maximum Gasteiger partial charge on any atom is 0.190 e. The van der Waals surface area contributed by atoms with Crippen molar-refractivity contribution in [1.29, 1.82) is 0 Å². The second-order valence-corrected chi connectivity index (χ2v) is 4.54. The molecule has 3 heterocycles. The Morgan fingerprint density at radius 2 is 2.10 bits per heavy atom. The highest BCUT2D eigenvalue weighted by Gasteiger charge is 2.27. The summed E-state index contributed by atoms with van der Waals surface area (Å²) in [5.74, 6) is 0.682. The molecule has 0 bridgehead atoms. The molecule has 6 nitrogen and oxygen atoms in total. The molecule has 0 fully saturated rings. The molecule has 1 atom stereocenters. The molecule has 0 spiro atoms. The number of imidazole rings is 1. The molecule has 20 heavy (non-hydrogen) atoms. The van der Waals surface area contributed by atoms with Gasteiger partial charge in [-0.2, -0.15) is 0 Å². The fourth-order valence-electron chi connectivity index (χ4n) is 1.97. The number of aliphatic hydroxyl groups is 1. The lowest BCUT2D eigenvalue weighted by Gasteiger charge is -2.23. The number of hydrogen-bond acceptors (Lipinski definition) is 5. The Kier molecular flexibility index (Phi) is 3.96. The van der Waals surface area contributed by atoms with Crippen molar-refractivity contribution in [2.45, 2.75) is 20.1 Å². The number of nitrogens with zero attached hydrogens (tertiary/aromatic N) is 4. The summed E-state index contributed by atoms with van der Waals surface area (Å²) in [5, 5.41) is 12.0. The number of pyridine rings is 1. The standard InChI is InChI=1S/C13H15N5O.ClH/c1-9-5-12(15-6-10(9)2)18-13(19)11(7-16-18)17-4-3-14-8-17;/h3-8,13,16,19H,1-2H3;1H. The maximum atomic E-state index is 10.3. The van der Waals surface area contributed by atoms with Crippen LogP contribution in [0.5, 0.6) is 0 Å². The summed E-state index contributed by atoms with van der Waals surface area (Å²) in [7, 11) is 0. The van der Waals surface area contributed by atoms with Crippen LogP contribution in [-0.2, 0) is 0 Å². The van der Waals surface area contributed by atoms with Crippen LogP contribution in [0.3, 0.4) is 0 Å². The molecule has 3 rings (SSSR count). The highest BCUT2D eigenvalue weighted by Crippen LogP contribution is 2.23. The topological polar surface area (TPSA) is 66.2 Å². The molecule has 7 heteroatoms. The van der Waals surface area contributed by atoms with Gasteiger partial charge in [0.05, 0.1) is 12.0 Å². The first-order valence-electron chi connectivity index (χ1n) is 6.02. The van der Waals surface area contributed by atoms with Gasteiger partial charge in [0.1, 0.15) is 5.82 Å². The normalized spacial score (nSPS) is 17.4. The van der Waals surface area contributed by atoms with Crippen LogP contribution >= 0.6 is 12.4 Å². The van der Waals surface area contributed by atoms with Gasteiger partial charge in [-0.05, 0) is 31.0 Å². The number of rotatable bonds is 2. The number of anilines is 1. The van der Waals surface area contributed by atoms with E-state index < -0.39 is 6.23 Å². The van der Waals surface area contributed by atoms with E-state index in [1.807, 2.05) is 19.9 Å². The largest absolute Gasteiger partial charge is 0.367 e. The molecule has 0 saturated heterocycles. The number of hydrazine groups is 1. The first-order chi connectivity index (χ1) is 9.16. The summed E-state index contributed by atoms with van der Waals surface area (Å²) >= 11 is 0. The van der Waals surface area contributed by atoms with Crippen LogP contribution in [0, 0.1) is 13.8 Å². The van der Waals surface area contributed by atoms with E-state index in [0.29, 0.717) is 11.5 Å². The minimum absolute atomic E-state index is 0. The van der Waals surface area contributed by atoms with Gasteiger partial charge in [-0.25, -0.2) is 15.0 Å². The van der Waals surface area contributed by atoms with Crippen LogP contribution in [0.2, 0.25) is 0 Å². The van der Waals surface area contributed by atoms with Crippen LogP contribution in [0.25, 0.3) is 5.70 Å². The number of aryl methyl sites for hydroxylation is 2. The number of aromatic nitrogens is 3. The van der Waals surface area contributed by atoms with E-state index >= 15 is 0 Å². The number of hydrogen-bond donors (Lipinski definition) is 2. The lowest BCUT2D eigenvalue weighted by Crippen LogP contribution is -2.39. The highest BCUT2D eigenvalue weighted by molar-refractivity contribution is 5.85. The van der Waals surface area contributed by atoms with Gasteiger partial charge in [-0.1, -0.05) is 0 Å². The van der Waals surface area contributed by atoms with Crippen LogP contribution < -0.4 is 10.4 Å². The van der Waals surface area contributed by atoms with Crippen molar-refractivity contribution in [2.75, 3.05) is 5.01 Å². The molecule has 0 amide bonds. The summed E-state index contributed by atoms with van der Waals surface area (Å²) in [5.41, 5.74) is 5.98. The van der Waals surface area contributed by atoms with Crippen molar-refractivity contribution in [2.24, 2.45) is 0 Å². The van der Waals surface area contributed by atoms with Gasteiger partial charge in [0.2, 0.25) is 0 Å². The van der Waals surface area contributed by atoms with E-state index in [4.69, 9.17) is 0 Å². The predicted octanol–water partition coefficient (Wildman–Crippen LogP) is 1.46. The van der Waals surface area contributed by atoms with Gasteiger partial charge in [0.25, 0.3) is 0 Å². The van der Waals surface area contributed by atoms with Crippen molar-refractivity contribution in [3.8, 4) is 0 Å². The van der Waals surface area contributed by atoms with Crippen LogP contribution in [0.15, 0.2) is 37.2 Å². The fraction of sp³-hybridized carbons (Fsp3) is 0.231. The zero-order chi connectivity index (χ0) is 13.4. The summed E-state index contributed by atoms with van der Waals surface area (Å²) in [6, 6.07) is 1.94. The molecule has 1 aliphatic rings. The Morgan fingerprint density at radius 1 is 1.30 bits per heavy atom. The number of aliphatic hydroxyl groups excluding tert-OH is 1. The van der Waals surface area contributed by atoms with E-state index in [1.54, 1.807) is 40.7 Å². The molecule has 2 N–H and O–H groups in total. The van der Waals surface area contributed by atoms with Crippen LogP contribution in [0.1, 0.15) is 11.1 Å². The van der Waals surface area contributed by atoms with Gasteiger partial charge in [-0.3, -0.25) is 5.43 Å². The lowest BCUT2D eigenvalue weighted by molar-refractivity contribution is 0.220. The summed E-state index contributed by atoms with van der Waals surface area (Å²) in [4.78, 5) is 8.31. The second kappa shape index (κ2) is 5.52. The molecule has 0 radical (unpaired) electrons. The maximum absolute atomic E-state index is 10.3. The molecule has 0 aromatic carbocycles.